The van der Waals surface area contributed by atoms with Gasteiger partial charge in [-0.3, -0.25) is 4.79 Å². The van der Waals surface area contributed by atoms with E-state index < -0.39 is 0 Å². The number of rotatable bonds is 4. The van der Waals surface area contributed by atoms with Gasteiger partial charge in [0, 0.05) is 40.0 Å². The lowest BCUT2D eigenvalue weighted by Crippen LogP contribution is -2.23. The number of nitrogens with one attached hydrogen (secondary N) is 1. The second-order valence-electron chi connectivity index (χ2n) is 5.30. The molecule has 1 aromatic rings. The smallest absolute Gasteiger partial charge is 0.221 e. The van der Waals surface area contributed by atoms with Crippen LogP contribution in [0, 0.1) is 0 Å². The number of likely N-dealkylation sites (N-methyl/N-ethyl adjacent to an activating group) is 1. The summed E-state index contributed by atoms with van der Waals surface area (Å²) < 4.78 is 0. The Kier molecular flexibility index (Phi) is 4.93. The highest BCUT2D eigenvalue weighted by molar-refractivity contribution is 5.92. The van der Waals surface area contributed by atoms with Gasteiger partial charge in [0.1, 0.15) is 5.69 Å². The largest absolute Gasteiger partial charge is 0.378 e. The molecule has 1 N–H and O–H groups in total. The Balaban J connectivity index is 2.27. The Bertz CT molecular complexity index is 633. The van der Waals surface area contributed by atoms with Crippen LogP contribution in [0.2, 0.25) is 0 Å². The molecule has 0 aromatic heterocycles. The Morgan fingerprint density at radius 1 is 1.32 bits per heavy atom. The summed E-state index contributed by atoms with van der Waals surface area (Å²) in [5, 5.41) is 11.4. The first kappa shape index (κ1) is 15.8. The van der Waals surface area contributed by atoms with Crippen molar-refractivity contribution in [2.45, 2.75) is 13.1 Å². The third-order valence-electron chi connectivity index (χ3n) is 3.22. The second-order valence-corrected chi connectivity index (χ2v) is 5.30. The Morgan fingerprint density at radius 3 is 2.73 bits per heavy atom. The minimum atomic E-state index is -0.135. The number of nitrogens with zero attached hydrogens (tertiary/aromatic N) is 4. The van der Waals surface area contributed by atoms with Crippen molar-refractivity contribution in [3.8, 4) is 0 Å². The number of amides is 1. The summed E-state index contributed by atoms with van der Waals surface area (Å²) in [4.78, 5) is 15.3. The lowest BCUT2D eigenvalue weighted by Gasteiger charge is -2.21. The van der Waals surface area contributed by atoms with Gasteiger partial charge in [-0.1, -0.05) is 6.08 Å². The Morgan fingerprint density at radius 2 is 2.09 bits per heavy atom. The molecule has 116 valence electrons. The highest BCUT2D eigenvalue weighted by atomic mass is 16.1. The summed E-state index contributed by atoms with van der Waals surface area (Å²) in [5.41, 5.74) is 2.28. The van der Waals surface area contributed by atoms with E-state index in [1.165, 1.54) is 6.92 Å². The molecule has 1 heterocycles. The normalized spacial score (nSPS) is 17.1. The predicted molar refractivity (Wildman–Crippen MR) is 89.4 cm³/mol. The Labute approximate surface area is 130 Å². The standard InChI is InChI=1S/C16H21N5O/c1-12(22)17-15-11-13(20(2)3)8-9-14(15)18-19-16-7-5-6-10-21(16)4/h5-11,16H,1-4H3,(H,17,22)/b19-18+. The van der Waals surface area contributed by atoms with E-state index in [4.69, 9.17) is 0 Å². The molecular formula is C16H21N5O. The maximum Gasteiger partial charge on any atom is 0.221 e. The zero-order valence-corrected chi connectivity index (χ0v) is 13.3. The fourth-order valence-corrected chi connectivity index (χ4v) is 1.99. The quantitative estimate of drug-likeness (QED) is 0.869. The van der Waals surface area contributed by atoms with Crippen molar-refractivity contribution in [1.82, 2.24) is 4.90 Å². The number of allylic oxidation sites excluding steroid dienone is 2. The molecule has 6 heteroatoms. The van der Waals surface area contributed by atoms with Crippen LogP contribution in [-0.4, -0.2) is 38.1 Å². The van der Waals surface area contributed by atoms with Crippen LogP contribution in [-0.2, 0) is 4.79 Å². The van der Waals surface area contributed by atoms with Crippen LogP contribution < -0.4 is 10.2 Å². The highest BCUT2D eigenvalue weighted by Crippen LogP contribution is 2.30. The molecule has 1 aliphatic rings. The molecule has 0 saturated heterocycles. The van der Waals surface area contributed by atoms with Crippen molar-refractivity contribution in [2.24, 2.45) is 10.2 Å². The molecule has 0 spiro atoms. The first-order valence-electron chi connectivity index (χ1n) is 7.04. The number of hydrogen-bond donors (Lipinski definition) is 1. The van der Waals surface area contributed by atoms with Crippen molar-refractivity contribution >= 4 is 23.0 Å². The van der Waals surface area contributed by atoms with Crippen molar-refractivity contribution < 1.29 is 4.79 Å². The van der Waals surface area contributed by atoms with Crippen LogP contribution in [0.4, 0.5) is 17.1 Å². The Hall–Kier alpha value is -2.63. The van der Waals surface area contributed by atoms with Crippen molar-refractivity contribution in [2.75, 3.05) is 31.4 Å². The molecule has 22 heavy (non-hydrogen) atoms. The van der Waals surface area contributed by atoms with Gasteiger partial charge in [-0.15, -0.1) is 0 Å². The van der Waals surface area contributed by atoms with E-state index in [0.717, 1.165) is 5.69 Å². The molecule has 0 radical (unpaired) electrons. The molecule has 0 fully saturated rings. The molecule has 2 rings (SSSR count). The van der Waals surface area contributed by atoms with Crippen molar-refractivity contribution in [3.63, 3.8) is 0 Å². The molecule has 1 unspecified atom stereocenters. The topological polar surface area (TPSA) is 60.3 Å². The van der Waals surface area contributed by atoms with E-state index in [-0.39, 0.29) is 12.1 Å². The summed E-state index contributed by atoms with van der Waals surface area (Å²) >= 11 is 0. The predicted octanol–water partition coefficient (Wildman–Crippen LogP) is 3.14. The van der Waals surface area contributed by atoms with E-state index >= 15 is 0 Å². The highest BCUT2D eigenvalue weighted by Gasteiger charge is 2.10. The number of hydrogen-bond acceptors (Lipinski definition) is 5. The molecule has 0 aliphatic carbocycles. The van der Waals surface area contributed by atoms with Gasteiger partial charge in [0.25, 0.3) is 0 Å². The van der Waals surface area contributed by atoms with E-state index in [0.29, 0.717) is 11.4 Å². The summed E-state index contributed by atoms with van der Waals surface area (Å²) in [6, 6.07) is 5.68. The van der Waals surface area contributed by atoms with Gasteiger partial charge < -0.3 is 15.1 Å². The zero-order valence-electron chi connectivity index (χ0n) is 13.3. The average molecular weight is 299 g/mol. The van der Waals surface area contributed by atoms with Gasteiger partial charge in [0.2, 0.25) is 5.91 Å². The molecule has 1 amide bonds. The SMILES string of the molecule is CC(=O)Nc1cc(N(C)C)ccc1/N=N/C1C=CC=CN1C. The third-order valence-corrected chi connectivity index (χ3v) is 3.22. The third kappa shape index (κ3) is 3.94. The maximum atomic E-state index is 11.4. The molecule has 1 atom stereocenters. The molecule has 0 bridgehead atoms. The van der Waals surface area contributed by atoms with Crippen LogP contribution in [0.25, 0.3) is 0 Å². The summed E-state index contributed by atoms with van der Waals surface area (Å²) in [7, 11) is 5.83. The monoisotopic (exact) mass is 299 g/mol. The van der Waals surface area contributed by atoms with Crippen LogP contribution in [0.15, 0.2) is 52.9 Å². The maximum absolute atomic E-state index is 11.4. The fourth-order valence-electron chi connectivity index (χ4n) is 1.99. The second kappa shape index (κ2) is 6.89. The summed E-state index contributed by atoms with van der Waals surface area (Å²) in [6.45, 7) is 1.48. The van der Waals surface area contributed by atoms with Gasteiger partial charge in [-0.25, -0.2) is 0 Å². The molecular weight excluding hydrogens is 278 g/mol. The minimum absolute atomic E-state index is 0.134. The number of carbonyl (C=O) groups excluding carboxylic acids is 1. The van der Waals surface area contributed by atoms with Crippen molar-refractivity contribution in [1.29, 1.82) is 0 Å². The number of benzene rings is 1. The van der Waals surface area contributed by atoms with E-state index in [1.54, 1.807) is 0 Å². The summed E-state index contributed by atoms with van der Waals surface area (Å²) in [5.74, 6) is -0.134. The molecule has 0 saturated carbocycles. The summed E-state index contributed by atoms with van der Waals surface area (Å²) in [6.07, 6.45) is 7.64. The number of anilines is 2. The number of azo groups is 1. The van der Waals surface area contributed by atoms with Crippen LogP contribution in [0.1, 0.15) is 6.92 Å². The minimum Gasteiger partial charge on any atom is -0.378 e. The van der Waals surface area contributed by atoms with Crippen LogP contribution in [0.3, 0.4) is 0 Å². The molecule has 6 nitrogen and oxygen atoms in total. The lowest BCUT2D eigenvalue weighted by atomic mass is 10.2. The lowest BCUT2D eigenvalue weighted by molar-refractivity contribution is -0.114. The van der Waals surface area contributed by atoms with Gasteiger partial charge in [-0.2, -0.15) is 10.2 Å². The fraction of sp³-hybridized carbons (Fsp3) is 0.312. The van der Waals surface area contributed by atoms with Gasteiger partial charge in [0.15, 0.2) is 6.17 Å². The van der Waals surface area contributed by atoms with Gasteiger partial charge >= 0.3 is 0 Å². The average Bonchev–Trinajstić information content (AvgIpc) is 2.46. The van der Waals surface area contributed by atoms with Crippen LogP contribution >= 0.6 is 0 Å². The van der Waals surface area contributed by atoms with E-state index in [9.17, 15) is 4.79 Å². The van der Waals surface area contributed by atoms with Crippen LogP contribution in [0.5, 0.6) is 0 Å². The number of carbonyl (C=O) groups is 1. The molecule has 1 aliphatic heterocycles. The zero-order chi connectivity index (χ0) is 16.1. The molecule has 1 aromatic carbocycles. The first-order chi connectivity index (χ1) is 10.5. The van der Waals surface area contributed by atoms with E-state index in [2.05, 4.69) is 15.5 Å². The van der Waals surface area contributed by atoms with Crippen molar-refractivity contribution in [3.05, 3.63) is 42.6 Å². The van der Waals surface area contributed by atoms with E-state index in [1.807, 2.05) is 73.6 Å². The van der Waals surface area contributed by atoms with Gasteiger partial charge in [0.05, 0.1) is 5.69 Å². The van der Waals surface area contributed by atoms with Gasteiger partial charge in [-0.05, 0) is 30.4 Å². The first-order valence-corrected chi connectivity index (χ1v) is 7.04.